The van der Waals surface area contributed by atoms with Crippen LogP contribution in [-0.2, 0) is 0 Å². The van der Waals surface area contributed by atoms with Crippen molar-refractivity contribution in [1.82, 2.24) is 10.2 Å². The van der Waals surface area contributed by atoms with Gasteiger partial charge in [0, 0.05) is 20.1 Å². The van der Waals surface area contributed by atoms with Gasteiger partial charge in [-0.1, -0.05) is 13.8 Å². The van der Waals surface area contributed by atoms with E-state index in [4.69, 9.17) is 0 Å². The normalized spacial score (nSPS) is 32.4. The molecule has 0 spiro atoms. The average Bonchev–Trinajstić information content (AvgIpc) is 2.01. The fourth-order valence-electron chi connectivity index (χ4n) is 2.37. The largest absolute Gasteiger partial charge is 0.335 e. The van der Waals surface area contributed by atoms with Crippen molar-refractivity contribution in [3.63, 3.8) is 0 Å². The number of amides is 2. The van der Waals surface area contributed by atoms with E-state index in [0.29, 0.717) is 6.04 Å². The second-order valence-corrected chi connectivity index (χ2v) is 4.96. The quantitative estimate of drug-likeness (QED) is 0.687. The standard InChI is InChI=1S/C11H22N2O/c1-8-5-9(2)7-10(6-8)12-11(14)13(3)4/h8-10H,5-7H2,1-4H3,(H,12,14). The van der Waals surface area contributed by atoms with Crippen molar-refractivity contribution in [1.29, 1.82) is 0 Å². The Kier molecular flexibility index (Phi) is 3.78. The van der Waals surface area contributed by atoms with Crippen LogP contribution in [0.15, 0.2) is 0 Å². The minimum atomic E-state index is 0.0382. The first-order chi connectivity index (χ1) is 6.49. The molecule has 14 heavy (non-hydrogen) atoms. The van der Waals surface area contributed by atoms with Crippen molar-refractivity contribution >= 4 is 6.03 Å². The zero-order chi connectivity index (χ0) is 10.7. The zero-order valence-electron chi connectivity index (χ0n) is 9.71. The highest BCUT2D eigenvalue weighted by Gasteiger charge is 2.25. The summed E-state index contributed by atoms with van der Waals surface area (Å²) < 4.78 is 0. The molecular formula is C11H22N2O. The summed E-state index contributed by atoms with van der Waals surface area (Å²) in [4.78, 5) is 13.0. The average molecular weight is 198 g/mol. The Morgan fingerprint density at radius 2 is 1.64 bits per heavy atom. The van der Waals surface area contributed by atoms with Gasteiger partial charge in [0.1, 0.15) is 0 Å². The predicted molar refractivity (Wildman–Crippen MR) is 58.2 cm³/mol. The van der Waals surface area contributed by atoms with Gasteiger partial charge >= 0.3 is 6.03 Å². The fourth-order valence-corrected chi connectivity index (χ4v) is 2.37. The number of carbonyl (C=O) groups excluding carboxylic acids is 1. The van der Waals surface area contributed by atoms with E-state index in [9.17, 15) is 4.79 Å². The molecule has 0 bridgehead atoms. The maximum Gasteiger partial charge on any atom is 0.317 e. The predicted octanol–water partition coefficient (Wildman–Crippen LogP) is 2.08. The Morgan fingerprint density at radius 3 is 2.07 bits per heavy atom. The van der Waals surface area contributed by atoms with Gasteiger partial charge in [-0.15, -0.1) is 0 Å². The van der Waals surface area contributed by atoms with Crippen LogP contribution in [0.3, 0.4) is 0 Å². The van der Waals surface area contributed by atoms with Crippen LogP contribution in [0.1, 0.15) is 33.1 Å². The third kappa shape index (κ3) is 3.20. The van der Waals surface area contributed by atoms with E-state index in [-0.39, 0.29) is 6.03 Å². The van der Waals surface area contributed by atoms with E-state index in [1.165, 1.54) is 6.42 Å². The molecule has 1 rings (SSSR count). The van der Waals surface area contributed by atoms with E-state index in [1.54, 1.807) is 19.0 Å². The number of hydrogen-bond donors (Lipinski definition) is 1. The first kappa shape index (κ1) is 11.3. The maximum atomic E-state index is 11.4. The lowest BCUT2D eigenvalue weighted by Gasteiger charge is -2.32. The van der Waals surface area contributed by atoms with Gasteiger partial charge in [0.15, 0.2) is 0 Å². The van der Waals surface area contributed by atoms with E-state index in [0.717, 1.165) is 24.7 Å². The third-order valence-corrected chi connectivity index (χ3v) is 2.91. The molecule has 0 aromatic rings. The Hall–Kier alpha value is -0.730. The summed E-state index contributed by atoms with van der Waals surface area (Å²) in [5.41, 5.74) is 0. The summed E-state index contributed by atoms with van der Waals surface area (Å²) in [6, 6.07) is 0.417. The minimum Gasteiger partial charge on any atom is -0.335 e. The number of carbonyl (C=O) groups is 1. The summed E-state index contributed by atoms with van der Waals surface area (Å²) in [7, 11) is 3.57. The highest BCUT2D eigenvalue weighted by molar-refractivity contribution is 5.73. The van der Waals surface area contributed by atoms with Gasteiger partial charge in [-0.2, -0.15) is 0 Å². The van der Waals surface area contributed by atoms with Gasteiger partial charge in [0.25, 0.3) is 0 Å². The van der Waals surface area contributed by atoms with Crippen LogP contribution in [0.5, 0.6) is 0 Å². The zero-order valence-corrected chi connectivity index (χ0v) is 9.71. The molecule has 0 heterocycles. The summed E-state index contributed by atoms with van der Waals surface area (Å²) in [5.74, 6) is 1.48. The number of hydrogen-bond acceptors (Lipinski definition) is 1. The Morgan fingerprint density at radius 1 is 1.14 bits per heavy atom. The molecule has 3 heteroatoms. The molecule has 1 N–H and O–H groups in total. The third-order valence-electron chi connectivity index (χ3n) is 2.91. The highest BCUT2D eigenvalue weighted by atomic mass is 16.2. The number of rotatable bonds is 1. The van der Waals surface area contributed by atoms with Crippen molar-refractivity contribution in [2.45, 2.75) is 39.2 Å². The fraction of sp³-hybridized carbons (Fsp3) is 0.909. The summed E-state index contributed by atoms with van der Waals surface area (Å²) >= 11 is 0. The number of urea groups is 1. The molecular weight excluding hydrogens is 176 g/mol. The Balaban J connectivity index is 2.40. The van der Waals surface area contributed by atoms with Gasteiger partial charge in [-0.25, -0.2) is 4.79 Å². The topological polar surface area (TPSA) is 32.3 Å². The molecule has 1 aliphatic carbocycles. The lowest BCUT2D eigenvalue weighted by atomic mass is 9.80. The molecule has 0 aliphatic heterocycles. The van der Waals surface area contributed by atoms with Gasteiger partial charge in [-0.3, -0.25) is 0 Å². The number of nitrogens with zero attached hydrogens (tertiary/aromatic N) is 1. The monoisotopic (exact) mass is 198 g/mol. The van der Waals surface area contributed by atoms with E-state index in [1.807, 2.05) is 0 Å². The van der Waals surface area contributed by atoms with Crippen LogP contribution < -0.4 is 5.32 Å². The van der Waals surface area contributed by atoms with Crippen molar-refractivity contribution in [2.75, 3.05) is 14.1 Å². The molecule has 0 radical (unpaired) electrons. The van der Waals surface area contributed by atoms with Crippen molar-refractivity contribution < 1.29 is 4.79 Å². The van der Waals surface area contributed by atoms with Crippen LogP contribution in [0.25, 0.3) is 0 Å². The van der Waals surface area contributed by atoms with Gasteiger partial charge in [0.05, 0.1) is 0 Å². The van der Waals surface area contributed by atoms with E-state index >= 15 is 0 Å². The molecule has 3 nitrogen and oxygen atoms in total. The second kappa shape index (κ2) is 4.67. The Bertz CT molecular complexity index is 193. The molecule has 2 unspecified atom stereocenters. The van der Waals surface area contributed by atoms with Crippen molar-refractivity contribution in [3.05, 3.63) is 0 Å². The molecule has 2 atom stereocenters. The van der Waals surface area contributed by atoms with Gasteiger partial charge in [0.2, 0.25) is 0 Å². The molecule has 0 aromatic heterocycles. The molecule has 82 valence electrons. The molecule has 0 saturated heterocycles. The summed E-state index contributed by atoms with van der Waals surface area (Å²) in [6.07, 6.45) is 3.56. The molecule has 1 aliphatic rings. The summed E-state index contributed by atoms with van der Waals surface area (Å²) in [5, 5.41) is 3.07. The second-order valence-electron chi connectivity index (χ2n) is 4.96. The molecule has 1 saturated carbocycles. The van der Waals surface area contributed by atoms with Crippen LogP contribution in [0.2, 0.25) is 0 Å². The maximum absolute atomic E-state index is 11.4. The van der Waals surface area contributed by atoms with Crippen molar-refractivity contribution in [3.8, 4) is 0 Å². The number of nitrogens with one attached hydrogen (secondary N) is 1. The lowest BCUT2D eigenvalue weighted by Crippen LogP contribution is -2.44. The lowest BCUT2D eigenvalue weighted by molar-refractivity contribution is 0.194. The summed E-state index contributed by atoms with van der Waals surface area (Å²) in [6.45, 7) is 4.54. The SMILES string of the molecule is CC1CC(C)CC(NC(=O)N(C)C)C1. The van der Waals surface area contributed by atoms with E-state index < -0.39 is 0 Å². The first-order valence-corrected chi connectivity index (χ1v) is 5.47. The first-order valence-electron chi connectivity index (χ1n) is 5.47. The van der Waals surface area contributed by atoms with Crippen LogP contribution in [0.4, 0.5) is 4.79 Å². The van der Waals surface area contributed by atoms with Crippen LogP contribution >= 0.6 is 0 Å². The molecule has 1 fully saturated rings. The molecule has 0 aromatic carbocycles. The van der Waals surface area contributed by atoms with Gasteiger partial charge < -0.3 is 10.2 Å². The van der Waals surface area contributed by atoms with E-state index in [2.05, 4.69) is 19.2 Å². The smallest absolute Gasteiger partial charge is 0.317 e. The van der Waals surface area contributed by atoms with Crippen molar-refractivity contribution in [2.24, 2.45) is 11.8 Å². The minimum absolute atomic E-state index is 0.0382. The van der Waals surface area contributed by atoms with Gasteiger partial charge in [-0.05, 0) is 31.1 Å². The van der Waals surface area contributed by atoms with Crippen LogP contribution in [-0.4, -0.2) is 31.1 Å². The molecule has 2 amide bonds. The highest BCUT2D eigenvalue weighted by Crippen LogP contribution is 2.28. The Labute approximate surface area is 86.9 Å². The van der Waals surface area contributed by atoms with Crippen LogP contribution in [0, 0.1) is 11.8 Å².